The Hall–Kier alpha value is -1.66. The first-order chi connectivity index (χ1) is 18.4. The van der Waals surface area contributed by atoms with Gasteiger partial charge in [0.2, 0.25) is 0 Å². The van der Waals surface area contributed by atoms with Crippen molar-refractivity contribution in [1.82, 2.24) is 0 Å². The summed E-state index contributed by atoms with van der Waals surface area (Å²) in [7, 11) is 0. The van der Waals surface area contributed by atoms with Gasteiger partial charge in [0, 0.05) is 0 Å². The van der Waals surface area contributed by atoms with Crippen LogP contribution in [-0.2, 0) is 42.5 Å². The van der Waals surface area contributed by atoms with Gasteiger partial charge in [0.1, 0.15) is 0 Å². The topological polar surface area (TPSA) is 0 Å². The van der Waals surface area contributed by atoms with Crippen molar-refractivity contribution in [2.45, 2.75) is 93.4 Å². The van der Waals surface area contributed by atoms with Crippen molar-refractivity contribution < 1.29 is 49.0 Å². The monoisotopic (exact) mass is 662 g/mol. The first kappa shape index (κ1) is 37.4. The molecule has 0 aliphatic heterocycles. The molecule has 0 aromatic heterocycles. The van der Waals surface area contributed by atoms with Gasteiger partial charge in [-0.05, 0) is 37.0 Å². The molecule has 0 unspecified atom stereocenters. The molecule has 3 heteroatoms. The molecule has 1 aliphatic carbocycles. The van der Waals surface area contributed by atoms with E-state index in [0.717, 1.165) is 6.42 Å². The van der Waals surface area contributed by atoms with Crippen LogP contribution < -0.4 is 24.8 Å². The van der Waals surface area contributed by atoms with Gasteiger partial charge in [-0.3, -0.25) is 0 Å². The van der Waals surface area contributed by atoms with Crippen LogP contribution in [0.1, 0.15) is 97.5 Å². The summed E-state index contributed by atoms with van der Waals surface area (Å²) in [6.45, 7) is 19.9. The summed E-state index contributed by atoms with van der Waals surface area (Å²) in [5.74, 6) is 0. The van der Waals surface area contributed by atoms with Crippen LogP contribution in [0.15, 0.2) is 66.7 Å². The fraction of sp³-hybridized carbons (Fsp3) is 0.368. The summed E-state index contributed by atoms with van der Waals surface area (Å²) in [6, 6.07) is 27.9. The van der Waals surface area contributed by atoms with Gasteiger partial charge in [0.15, 0.2) is 0 Å². The quantitative estimate of drug-likeness (QED) is 0.254. The fourth-order valence-electron chi connectivity index (χ4n) is 4.83. The normalized spacial score (nSPS) is 11.0. The minimum Gasteiger partial charge on any atom is -1.00 e. The molecule has 0 spiro atoms. The molecule has 41 heavy (non-hydrogen) atoms. The SMILES string of the molecule is CCCCc1cc(C(C)(C)C)c[cH-]1.C[C](=[Zr+2])c1ccccc1.Cc1[c-]c2c(cc1C)-c1cc(C)c(C)cc1C2.[Cl-].[Cl-]. The number of rotatable bonds is 4. The van der Waals surface area contributed by atoms with Crippen LogP contribution in [-0.4, -0.2) is 3.21 Å². The minimum absolute atomic E-state index is 0. The van der Waals surface area contributed by atoms with Gasteiger partial charge < -0.3 is 24.8 Å². The maximum Gasteiger partial charge on any atom is -0.0253 e. The van der Waals surface area contributed by atoms with Gasteiger partial charge in [-0.15, -0.1) is 11.1 Å². The van der Waals surface area contributed by atoms with E-state index >= 15 is 0 Å². The average Bonchev–Trinajstić information content (AvgIpc) is 3.50. The van der Waals surface area contributed by atoms with Crippen LogP contribution in [0.2, 0.25) is 0 Å². The van der Waals surface area contributed by atoms with Crippen molar-refractivity contribution in [3.8, 4) is 11.1 Å². The second-order valence-electron chi connectivity index (χ2n) is 12.1. The molecule has 5 rings (SSSR count). The zero-order chi connectivity index (χ0) is 28.7. The number of hydrogen-bond donors (Lipinski definition) is 0. The van der Waals surface area contributed by atoms with E-state index in [0.29, 0.717) is 5.41 Å². The van der Waals surface area contributed by atoms with Crippen molar-refractivity contribution in [2.24, 2.45) is 0 Å². The Labute approximate surface area is 277 Å². The summed E-state index contributed by atoms with van der Waals surface area (Å²) < 4.78 is 1.46. The summed E-state index contributed by atoms with van der Waals surface area (Å²) >= 11 is 1.51. The van der Waals surface area contributed by atoms with Crippen LogP contribution in [0.5, 0.6) is 0 Å². The molecule has 0 saturated heterocycles. The Balaban J connectivity index is 0.000000315. The van der Waals surface area contributed by atoms with E-state index in [2.05, 4.69) is 129 Å². The second-order valence-corrected chi connectivity index (χ2v) is 13.9. The van der Waals surface area contributed by atoms with Crippen molar-refractivity contribution in [3.63, 3.8) is 0 Å². The standard InChI is InChI=1S/C17H17.C13H21.C8H8.2ClH.Zr/c1-10-5-14-9-15-6-11(2)13(4)8-17(15)16(14)7-12(10)3;1-5-6-7-11-8-9-12(10-11)13(2,3)4;1-2-8-6-4-3-5-7-8;;;/h5,7-8H,9H2,1-4H3;8-10H,5-7H2,1-4H3;3-7H,1H3;2*1H;/q2*-1;;;;+2/p-2. The van der Waals surface area contributed by atoms with Crippen LogP contribution in [0, 0.1) is 33.8 Å². The Morgan fingerprint density at radius 1 is 0.878 bits per heavy atom. The molecule has 0 heterocycles. The maximum atomic E-state index is 3.54. The first-order valence-electron chi connectivity index (χ1n) is 14.4. The summed E-state index contributed by atoms with van der Waals surface area (Å²) in [5, 5.41) is 0. The Morgan fingerprint density at radius 3 is 2.02 bits per heavy atom. The Kier molecular flexibility index (Phi) is 15.4. The molecular formula is C38H46Cl2Zr-2. The van der Waals surface area contributed by atoms with Crippen molar-refractivity contribution in [3.05, 3.63) is 123 Å². The van der Waals surface area contributed by atoms with E-state index in [1.54, 1.807) is 0 Å². The van der Waals surface area contributed by atoms with Crippen LogP contribution in [0.25, 0.3) is 11.1 Å². The Morgan fingerprint density at radius 2 is 1.49 bits per heavy atom. The van der Waals surface area contributed by atoms with Gasteiger partial charge in [-0.2, -0.15) is 46.5 Å². The van der Waals surface area contributed by atoms with E-state index in [1.165, 1.54) is 108 Å². The van der Waals surface area contributed by atoms with Crippen molar-refractivity contribution >= 4 is 3.21 Å². The number of benzene rings is 3. The molecule has 0 fully saturated rings. The molecule has 0 nitrogen and oxygen atoms in total. The van der Waals surface area contributed by atoms with Gasteiger partial charge in [0.25, 0.3) is 0 Å². The van der Waals surface area contributed by atoms with E-state index in [4.69, 9.17) is 0 Å². The molecule has 0 radical (unpaired) electrons. The van der Waals surface area contributed by atoms with Gasteiger partial charge in [-0.1, -0.05) is 83.9 Å². The summed E-state index contributed by atoms with van der Waals surface area (Å²) in [5.41, 5.74) is 15.7. The largest absolute Gasteiger partial charge is 1.00 e. The molecular weight excluding hydrogens is 619 g/mol. The molecule has 4 aromatic rings. The third kappa shape index (κ3) is 10.5. The zero-order valence-electron chi connectivity index (χ0n) is 26.4. The van der Waals surface area contributed by atoms with Crippen molar-refractivity contribution in [1.29, 1.82) is 0 Å². The number of aryl methyl sites for hydroxylation is 5. The molecule has 1 aliphatic rings. The van der Waals surface area contributed by atoms with Crippen LogP contribution in [0.3, 0.4) is 0 Å². The Bertz CT molecular complexity index is 1350. The molecule has 0 amide bonds. The number of fused-ring (bicyclic) bond motifs is 3. The first-order valence-corrected chi connectivity index (χ1v) is 15.6. The molecule has 218 valence electrons. The zero-order valence-corrected chi connectivity index (χ0v) is 30.4. The van der Waals surface area contributed by atoms with E-state index < -0.39 is 0 Å². The van der Waals surface area contributed by atoms with Gasteiger partial charge >= 0.3 is 70.3 Å². The maximum absolute atomic E-state index is 3.54. The predicted molar refractivity (Wildman–Crippen MR) is 168 cm³/mol. The molecule has 0 bridgehead atoms. The third-order valence-electron chi connectivity index (χ3n) is 7.70. The third-order valence-corrected chi connectivity index (χ3v) is 8.41. The van der Waals surface area contributed by atoms with E-state index in [1.807, 2.05) is 6.07 Å². The second kappa shape index (κ2) is 16.8. The molecule has 0 atom stereocenters. The van der Waals surface area contributed by atoms with E-state index in [9.17, 15) is 0 Å². The van der Waals surface area contributed by atoms with Crippen LogP contribution in [0.4, 0.5) is 0 Å². The number of halogens is 2. The van der Waals surface area contributed by atoms with Crippen LogP contribution >= 0.6 is 0 Å². The van der Waals surface area contributed by atoms with Gasteiger partial charge in [-0.25, -0.2) is 6.07 Å². The smallest absolute Gasteiger partial charge is 0.0253 e. The summed E-state index contributed by atoms with van der Waals surface area (Å²) in [6.07, 6.45) is 4.89. The average molecular weight is 665 g/mol. The molecule has 0 saturated carbocycles. The van der Waals surface area contributed by atoms with E-state index in [-0.39, 0.29) is 24.8 Å². The minimum atomic E-state index is 0. The molecule has 0 N–H and O–H groups in total. The molecule has 4 aromatic carbocycles. The van der Waals surface area contributed by atoms with Crippen molar-refractivity contribution in [2.75, 3.05) is 0 Å². The number of hydrogen-bond acceptors (Lipinski definition) is 0. The summed E-state index contributed by atoms with van der Waals surface area (Å²) in [4.78, 5) is 0. The fourth-order valence-corrected chi connectivity index (χ4v) is 5.24. The predicted octanol–water partition coefficient (Wildman–Crippen LogP) is 4.12. The van der Waals surface area contributed by atoms with Gasteiger partial charge in [0.05, 0.1) is 0 Å². The number of unbranched alkanes of at least 4 members (excludes halogenated alkanes) is 1.